The minimum atomic E-state index is -0.197. The minimum Gasteiger partial charge on any atom is -0.323 e. The molecule has 0 aliphatic heterocycles. The number of carbonyl (C=O) groups is 1. The summed E-state index contributed by atoms with van der Waals surface area (Å²) in [5, 5.41) is 3.73. The Morgan fingerprint density at radius 1 is 1.05 bits per heavy atom. The van der Waals surface area contributed by atoms with Crippen molar-refractivity contribution in [1.29, 1.82) is 0 Å². The van der Waals surface area contributed by atoms with Gasteiger partial charge in [0, 0.05) is 15.3 Å². The summed E-state index contributed by atoms with van der Waals surface area (Å²) in [6, 6.07) is 12.8. The van der Waals surface area contributed by atoms with E-state index in [1.54, 1.807) is 24.3 Å². The highest BCUT2D eigenvalue weighted by Gasteiger charge is 1.99. The molecule has 20 heavy (non-hydrogen) atoms. The molecule has 0 saturated carbocycles. The van der Waals surface area contributed by atoms with Crippen LogP contribution in [0.3, 0.4) is 0 Å². The second kappa shape index (κ2) is 7.11. The van der Waals surface area contributed by atoms with Gasteiger partial charge in [-0.15, -0.1) is 0 Å². The first-order valence-corrected chi connectivity index (χ1v) is 7.58. The molecule has 0 atom stereocenters. The molecular formula is C15H10Cl2INO. The molecule has 102 valence electrons. The lowest BCUT2D eigenvalue weighted by atomic mass is 10.2. The Labute approximate surface area is 140 Å². The Bertz CT molecular complexity index is 653. The molecule has 0 aromatic heterocycles. The fraction of sp³-hybridized carbons (Fsp3) is 0. The standard InChI is InChI=1S/C15H10Cl2INO/c16-13-7-1-10(9-14(13)17)2-8-15(20)19-12-5-3-11(18)4-6-12/h1-9H,(H,19,20)/b8-2+. The van der Waals surface area contributed by atoms with Crippen molar-refractivity contribution < 1.29 is 4.79 Å². The number of halogens is 3. The summed E-state index contributed by atoms with van der Waals surface area (Å²) in [7, 11) is 0. The second-order valence-corrected chi connectivity index (χ2v) is 6.06. The topological polar surface area (TPSA) is 29.1 Å². The van der Waals surface area contributed by atoms with Gasteiger partial charge >= 0.3 is 0 Å². The van der Waals surface area contributed by atoms with Gasteiger partial charge in [-0.3, -0.25) is 4.79 Å². The average molecular weight is 418 g/mol. The van der Waals surface area contributed by atoms with Gasteiger partial charge < -0.3 is 5.32 Å². The maximum absolute atomic E-state index is 11.8. The Morgan fingerprint density at radius 3 is 2.40 bits per heavy atom. The van der Waals surface area contributed by atoms with Crippen LogP contribution in [0, 0.1) is 3.57 Å². The van der Waals surface area contributed by atoms with E-state index >= 15 is 0 Å². The second-order valence-electron chi connectivity index (χ2n) is 4.00. The summed E-state index contributed by atoms with van der Waals surface area (Å²) < 4.78 is 1.12. The molecule has 2 aromatic rings. The van der Waals surface area contributed by atoms with E-state index in [9.17, 15) is 4.79 Å². The highest BCUT2D eigenvalue weighted by molar-refractivity contribution is 14.1. The number of hydrogen-bond acceptors (Lipinski definition) is 1. The van der Waals surface area contributed by atoms with E-state index in [1.165, 1.54) is 6.08 Å². The van der Waals surface area contributed by atoms with Crippen LogP contribution < -0.4 is 5.32 Å². The van der Waals surface area contributed by atoms with E-state index in [4.69, 9.17) is 23.2 Å². The highest BCUT2D eigenvalue weighted by Crippen LogP contribution is 2.23. The predicted molar refractivity (Wildman–Crippen MR) is 93.3 cm³/mol. The highest BCUT2D eigenvalue weighted by atomic mass is 127. The molecule has 0 aliphatic rings. The van der Waals surface area contributed by atoms with Crippen LogP contribution in [0.1, 0.15) is 5.56 Å². The Morgan fingerprint density at radius 2 is 1.75 bits per heavy atom. The Hall–Kier alpha value is -1.04. The van der Waals surface area contributed by atoms with E-state index in [-0.39, 0.29) is 5.91 Å². The SMILES string of the molecule is O=C(/C=C/c1ccc(Cl)c(Cl)c1)Nc1ccc(I)cc1. The van der Waals surface area contributed by atoms with E-state index in [2.05, 4.69) is 27.9 Å². The van der Waals surface area contributed by atoms with Crippen LogP contribution >= 0.6 is 45.8 Å². The van der Waals surface area contributed by atoms with Crippen molar-refractivity contribution in [3.8, 4) is 0 Å². The van der Waals surface area contributed by atoms with E-state index in [1.807, 2.05) is 24.3 Å². The lowest BCUT2D eigenvalue weighted by Crippen LogP contribution is -2.07. The smallest absolute Gasteiger partial charge is 0.248 e. The predicted octanol–water partition coefficient (Wildman–Crippen LogP) is 5.25. The summed E-state index contributed by atoms with van der Waals surface area (Å²) in [6.07, 6.45) is 3.14. The van der Waals surface area contributed by atoms with Gasteiger partial charge in [-0.2, -0.15) is 0 Å². The van der Waals surface area contributed by atoms with Crippen LogP contribution in [0.2, 0.25) is 10.0 Å². The zero-order valence-corrected chi connectivity index (χ0v) is 13.9. The van der Waals surface area contributed by atoms with Crippen LogP contribution in [0.25, 0.3) is 6.08 Å². The van der Waals surface area contributed by atoms with Crippen LogP contribution in [0.15, 0.2) is 48.5 Å². The molecule has 0 heterocycles. The molecular weight excluding hydrogens is 408 g/mol. The number of anilines is 1. The molecule has 0 bridgehead atoms. The molecule has 5 heteroatoms. The van der Waals surface area contributed by atoms with Crippen molar-refractivity contribution >= 4 is 63.5 Å². The Kier molecular flexibility index (Phi) is 5.46. The molecule has 2 rings (SSSR count). The summed E-state index contributed by atoms with van der Waals surface area (Å²) in [4.78, 5) is 11.8. The summed E-state index contributed by atoms with van der Waals surface area (Å²) >= 11 is 13.9. The van der Waals surface area contributed by atoms with Crippen LogP contribution in [0.5, 0.6) is 0 Å². The van der Waals surface area contributed by atoms with Crippen LogP contribution in [0.4, 0.5) is 5.69 Å². The van der Waals surface area contributed by atoms with Crippen molar-refractivity contribution in [2.75, 3.05) is 5.32 Å². The first-order chi connectivity index (χ1) is 9.54. The summed E-state index contributed by atoms with van der Waals surface area (Å²) in [5.41, 5.74) is 1.58. The molecule has 0 aliphatic carbocycles. The quantitative estimate of drug-likeness (QED) is 0.536. The first-order valence-electron chi connectivity index (χ1n) is 5.74. The van der Waals surface area contributed by atoms with Gasteiger partial charge in [-0.05, 0) is 70.6 Å². The van der Waals surface area contributed by atoms with Crippen molar-refractivity contribution in [1.82, 2.24) is 0 Å². The number of nitrogens with one attached hydrogen (secondary N) is 1. The lowest BCUT2D eigenvalue weighted by Gasteiger charge is -2.02. The van der Waals surface area contributed by atoms with Crippen LogP contribution in [-0.4, -0.2) is 5.91 Å². The van der Waals surface area contributed by atoms with Gasteiger partial charge in [-0.1, -0.05) is 29.3 Å². The third-order valence-corrected chi connectivity index (χ3v) is 3.94. The lowest BCUT2D eigenvalue weighted by molar-refractivity contribution is -0.111. The van der Waals surface area contributed by atoms with Gasteiger partial charge in [-0.25, -0.2) is 0 Å². The number of carbonyl (C=O) groups excluding carboxylic acids is 1. The van der Waals surface area contributed by atoms with E-state index < -0.39 is 0 Å². The van der Waals surface area contributed by atoms with Crippen molar-refractivity contribution in [3.63, 3.8) is 0 Å². The van der Waals surface area contributed by atoms with Crippen molar-refractivity contribution in [3.05, 3.63) is 67.7 Å². The molecule has 0 spiro atoms. The monoisotopic (exact) mass is 417 g/mol. The third-order valence-electron chi connectivity index (χ3n) is 2.48. The zero-order valence-electron chi connectivity index (χ0n) is 10.2. The Balaban J connectivity index is 2.01. The maximum Gasteiger partial charge on any atom is 0.248 e. The van der Waals surface area contributed by atoms with Gasteiger partial charge in [0.25, 0.3) is 0 Å². The van der Waals surface area contributed by atoms with Crippen molar-refractivity contribution in [2.45, 2.75) is 0 Å². The molecule has 0 fully saturated rings. The molecule has 0 saturated heterocycles. The molecule has 1 amide bonds. The average Bonchev–Trinajstić information content (AvgIpc) is 2.43. The number of rotatable bonds is 3. The largest absolute Gasteiger partial charge is 0.323 e. The third kappa shape index (κ3) is 4.51. The van der Waals surface area contributed by atoms with Gasteiger partial charge in [0.1, 0.15) is 0 Å². The van der Waals surface area contributed by atoms with Crippen LogP contribution in [-0.2, 0) is 4.79 Å². The fourth-order valence-electron chi connectivity index (χ4n) is 1.51. The number of benzene rings is 2. The van der Waals surface area contributed by atoms with Gasteiger partial charge in [0.05, 0.1) is 10.0 Å². The molecule has 1 N–H and O–H groups in total. The molecule has 0 radical (unpaired) electrons. The van der Waals surface area contributed by atoms with E-state index in [0.717, 1.165) is 14.8 Å². The number of amides is 1. The molecule has 2 aromatic carbocycles. The van der Waals surface area contributed by atoms with Crippen molar-refractivity contribution in [2.24, 2.45) is 0 Å². The van der Waals surface area contributed by atoms with Gasteiger partial charge in [0.15, 0.2) is 0 Å². The first kappa shape index (κ1) is 15.4. The summed E-state index contributed by atoms with van der Waals surface area (Å²) in [5.74, 6) is -0.197. The summed E-state index contributed by atoms with van der Waals surface area (Å²) in [6.45, 7) is 0. The van der Waals surface area contributed by atoms with Gasteiger partial charge in [0.2, 0.25) is 5.91 Å². The zero-order chi connectivity index (χ0) is 14.5. The maximum atomic E-state index is 11.8. The fourth-order valence-corrected chi connectivity index (χ4v) is 2.17. The number of hydrogen-bond donors (Lipinski definition) is 1. The normalized spacial score (nSPS) is 10.8. The molecule has 0 unspecified atom stereocenters. The van der Waals surface area contributed by atoms with E-state index in [0.29, 0.717) is 10.0 Å². The minimum absolute atomic E-state index is 0.197. The molecule has 2 nitrogen and oxygen atoms in total.